The van der Waals surface area contributed by atoms with Gasteiger partial charge in [0.15, 0.2) is 6.10 Å². The number of hydrogen-bond donors (Lipinski definition) is 4. The van der Waals surface area contributed by atoms with Gasteiger partial charge in [-0.3, -0.25) is 4.79 Å². The highest BCUT2D eigenvalue weighted by Crippen LogP contribution is 1.96. The average Bonchev–Trinajstić information content (AvgIpc) is 2.09. The third kappa shape index (κ3) is 7.90. The van der Waals surface area contributed by atoms with Crippen molar-refractivity contribution in [2.45, 2.75) is 32.4 Å². The van der Waals surface area contributed by atoms with Crippen LogP contribution in [0.25, 0.3) is 0 Å². The number of aliphatic hydroxyl groups excluding tert-OH is 1. The van der Waals surface area contributed by atoms with Crippen LogP contribution in [0.2, 0.25) is 0 Å². The molecule has 6 nitrogen and oxygen atoms in total. The van der Waals surface area contributed by atoms with Gasteiger partial charge in [-0.2, -0.15) is 0 Å². The summed E-state index contributed by atoms with van der Waals surface area (Å²) in [5.41, 5.74) is -0.178. The second-order valence-electron chi connectivity index (χ2n) is 4.26. The SMILES string of the molecule is CC(C)(C)NCC(=O)NCC(O)C(=O)O. The number of aliphatic hydroxyl groups is 1. The lowest BCUT2D eigenvalue weighted by Crippen LogP contribution is -2.45. The predicted molar refractivity (Wildman–Crippen MR) is 54.4 cm³/mol. The second-order valence-corrected chi connectivity index (χ2v) is 4.26. The van der Waals surface area contributed by atoms with E-state index in [4.69, 9.17) is 10.2 Å². The van der Waals surface area contributed by atoms with E-state index >= 15 is 0 Å². The summed E-state index contributed by atoms with van der Waals surface area (Å²) in [6.07, 6.45) is -1.55. The summed E-state index contributed by atoms with van der Waals surface area (Å²) in [5, 5.41) is 22.4. The largest absolute Gasteiger partial charge is 0.479 e. The van der Waals surface area contributed by atoms with Crippen molar-refractivity contribution in [2.75, 3.05) is 13.1 Å². The summed E-state index contributed by atoms with van der Waals surface area (Å²) < 4.78 is 0. The molecule has 0 aliphatic rings. The smallest absolute Gasteiger partial charge is 0.334 e. The van der Waals surface area contributed by atoms with Crippen LogP contribution in [0.3, 0.4) is 0 Å². The van der Waals surface area contributed by atoms with Gasteiger partial charge in [0.2, 0.25) is 5.91 Å². The molecule has 15 heavy (non-hydrogen) atoms. The molecule has 0 saturated heterocycles. The van der Waals surface area contributed by atoms with Crippen molar-refractivity contribution in [1.82, 2.24) is 10.6 Å². The molecule has 1 atom stereocenters. The molecule has 0 aliphatic heterocycles. The third-order valence-electron chi connectivity index (χ3n) is 1.56. The molecule has 0 bridgehead atoms. The Kier molecular flexibility index (Phi) is 5.24. The van der Waals surface area contributed by atoms with Gasteiger partial charge in [0.25, 0.3) is 0 Å². The molecule has 4 N–H and O–H groups in total. The summed E-state index contributed by atoms with van der Waals surface area (Å²) >= 11 is 0. The lowest BCUT2D eigenvalue weighted by molar-refractivity contribution is -0.146. The standard InChI is InChI=1S/C9H18N2O4/c1-9(2,3)11-5-7(13)10-4-6(12)8(14)15/h6,11-12H,4-5H2,1-3H3,(H,10,13)(H,14,15). The Balaban J connectivity index is 3.72. The quantitative estimate of drug-likeness (QED) is 0.471. The van der Waals surface area contributed by atoms with Gasteiger partial charge in [0.1, 0.15) is 0 Å². The molecular formula is C9H18N2O4. The summed E-state index contributed by atoms with van der Waals surface area (Å²) in [6.45, 7) is 5.54. The van der Waals surface area contributed by atoms with Gasteiger partial charge in [-0.1, -0.05) is 0 Å². The van der Waals surface area contributed by atoms with E-state index in [0.29, 0.717) is 0 Å². The molecule has 0 saturated carbocycles. The van der Waals surface area contributed by atoms with Crippen LogP contribution in [-0.2, 0) is 9.59 Å². The van der Waals surface area contributed by atoms with Gasteiger partial charge in [-0.15, -0.1) is 0 Å². The summed E-state index contributed by atoms with van der Waals surface area (Å²) in [6, 6.07) is 0. The van der Waals surface area contributed by atoms with Crippen molar-refractivity contribution in [3.8, 4) is 0 Å². The zero-order valence-corrected chi connectivity index (χ0v) is 9.20. The summed E-state index contributed by atoms with van der Waals surface area (Å²) in [4.78, 5) is 21.4. The lowest BCUT2D eigenvalue weighted by Gasteiger charge is -2.20. The highest BCUT2D eigenvalue weighted by Gasteiger charge is 2.15. The van der Waals surface area contributed by atoms with Gasteiger partial charge in [-0.05, 0) is 20.8 Å². The maximum absolute atomic E-state index is 11.1. The Morgan fingerprint density at radius 2 is 1.87 bits per heavy atom. The summed E-state index contributed by atoms with van der Waals surface area (Å²) in [5.74, 6) is -1.69. The fourth-order valence-electron chi connectivity index (χ4n) is 0.706. The summed E-state index contributed by atoms with van der Waals surface area (Å²) in [7, 11) is 0. The maximum Gasteiger partial charge on any atom is 0.334 e. The molecule has 1 unspecified atom stereocenters. The first-order valence-electron chi connectivity index (χ1n) is 4.65. The van der Waals surface area contributed by atoms with E-state index in [1.165, 1.54) is 0 Å². The molecular weight excluding hydrogens is 200 g/mol. The number of carboxylic acid groups (broad SMARTS) is 1. The van der Waals surface area contributed by atoms with E-state index in [1.54, 1.807) is 0 Å². The topological polar surface area (TPSA) is 98.7 Å². The first-order valence-corrected chi connectivity index (χ1v) is 4.65. The molecule has 0 spiro atoms. The normalized spacial score (nSPS) is 13.3. The number of nitrogens with one attached hydrogen (secondary N) is 2. The molecule has 0 rings (SSSR count). The highest BCUT2D eigenvalue weighted by molar-refractivity contribution is 5.79. The minimum Gasteiger partial charge on any atom is -0.479 e. The predicted octanol–water partition coefficient (Wildman–Crippen LogP) is -1.06. The van der Waals surface area contributed by atoms with Crippen LogP contribution < -0.4 is 10.6 Å². The highest BCUT2D eigenvalue weighted by atomic mass is 16.4. The molecule has 6 heteroatoms. The minimum atomic E-state index is -1.55. The monoisotopic (exact) mass is 218 g/mol. The Bertz CT molecular complexity index is 235. The molecule has 0 aromatic carbocycles. The van der Waals surface area contributed by atoms with Crippen LogP contribution in [0.4, 0.5) is 0 Å². The van der Waals surface area contributed by atoms with Crippen LogP contribution >= 0.6 is 0 Å². The fraction of sp³-hybridized carbons (Fsp3) is 0.778. The van der Waals surface area contributed by atoms with Gasteiger partial charge in [0.05, 0.1) is 13.1 Å². The number of carbonyl (C=O) groups is 2. The van der Waals surface area contributed by atoms with E-state index in [9.17, 15) is 9.59 Å². The Morgan fingerprint density at radius 1 is 1.33 bits per heavy atom. The zero-order chi connectivity index (χ0) is 12.1. The van der Waals surface area contributed by atoms with Crippen molar-refractivity contribution in [3.63, 3.8) is 0 Å². The molecule has 0 radical (unpaired) electrons. The van der Waals surface area contributed by atoms with Crippen LogP contribution in [0.5, 0.6) is 0 Å². The molecule has 88 valence electrons. The van der Waals surface area contributed by atoms with Gasteiger partial charge in [0, 0.05) is 5.54 Å². The van der Waals surface area contributed by atoms with Crippen LogP contribution in [0.15, 0.2) is 0 Å². The van der Waals surface area contributed by atoms with Crippen molar-refractivity contribution < 1.29 is 19.8 Å². The van der Waals surface area contributed by atoms with E-state index in [1.807, 2.05) is 20.8 Å². The minimum absolute atomic E-state index is 0.0931. The zero-order valence-electron chi connectivity index (χ0n) is 9.20. The first kappa shape index (κ1) is 13.9. The first-order chi connectivity index (χ1) is 6.72. The maximum atomic E-state index is 11.1. The number of aliphatic carboxylic acids is 1. The van der Waals surface area contributed by atoms with Gasteiger partial charge >= 0.3 is 5.97 Å². The van der Waals surface area contributed by atoms with Crippen molar-refractivity contribution in [1.29, 1.82) is 0 Å². The number of amides is 1. The van der Waals surface area contributed by atoms with E-state index in [-0.39, 0.29) is 24.5 Å². The van der Waals surface area contributed by atoms with Crippen molar-refractivity contribution >= 4 is 11.9 Å². The van der Waals surface area contributed by atoms with E-state index < -0.39 is 12.1 Å². The number of rotatable bonds is 5. The van der Waals surface area contributed by atoms with Crippen LogP contribution in [0, 0.1) is 0 Å². The molecule has 0 aromatic heterocycles. The number of hydrogen-bond acceptors (Lipinski definition) is 4. The molecule has 0 aromatic rings. The Hall–Kier alpha value is -1.14. The molecule has 0 fully saturated rings. The lowest BCUT2D eigenvalue weighted by atomic mass is 10.1. The van der Waals surface area contributed by atoms with Crippen molar-refractivity contribution in [3.05, 3.63) is 0 Å². The number of carbonyl (C=O) groups excluding carboxylic acids is 1. The van der Waals surface area contributed by atoms with Crippen LogP contribution in [-0.4, -0.2) is 46.8 Å². The molecule has 0 aliphatic carbocycles. The molecule has 0 heterocycles. The Labute approximate surface area is 88.7 Å². The second kappa shape index (κ2) is 5.67. The third-order valence-corrected chi connectivity index (χ3v) is 1.56. The van der Waals surface area contributed by atoms with E-state index in [0.717, 1.165) is 0 Å². The van der Waals surface area contributed by atoms with Crippen molar-refractivity contribution in [2.24, 2.45) is 0 Å². The van der Waals surface area contributed by atoms with E-state index in [2.05, 4.69) is 10.6 Å². The van der Waals surface area contributed by atoms with Gasteiger partial charge < -0.3 is 20.8 Å². The number of carboxylic acids is 1. The van der Waals surface area contributed by atoms with Gasteiger partial charge in [-0.25, -0.2) is 4.79 Å². The van der Waals surface area contributed by atoms with Crippen LogP contribution in [0.1, 0.15) is 20.8 Å². The average molecular weight is 218 g/mol. The fourth-order valence-corrected chi connectivity index (χ4v) is 0.706. The Morgan fingerprint density at radius 3 is 2.27 bits per heavy atom. The molecule has 1 amide bonds.